The number of methoxy groups -OCH3 is 1. The van der Waals surface area contributed by atoms with Crippen LogP contribution in [-0.4, -0.2) is 51.9 Å². The lowest BCUT2D eigenvalue weighted by molar-refractivity contribution is -0.120. The van der Waals surface area contributed by atoms with Crippen molar-refractivity contribution in [2.75, 3.05) is 45.4 Å². The second-order valence-electron chi connectivity index (χ2n) is 6.77. The quantitative estimate of drug-likeness (QED) is 0.460. The molecule has 8 heteroatoms. The number of ether oxygens (including phenoxy) is 4. The van der Waals surface area contributed by atoms with Crippen LogP contribution in [0.3, 0.4) is 0 Å². The molecule has 0 bridgehead atoms. The summed E-state index contributed by atoms with van der Waals surface area (Å²) in [6.45, 7) is 7.84. The van der Waals surface area contributed by atoms with E-state index in [0.29, 0.717) is 61.5 Å². The van der Waals surface area contributed by atoms with Crippen molar-refractivity contribution >= 4 is 17.5 Å². The third-order valence-electron chi connectivity index (χ3n) is 4.38. The number of hydrogen-bond acceptors (Lipinski definition) is 6. The van der Waals surface area contributed by atoms with E-state index in [1.54, 1.807) is 43.5 Å². The van der Waals surface area contributed by atoms with Crippen molar-refractivity contribution in [3.05, 3.63) is 47.5 Å². The molecule has 0 aromatic heterocycles. The zero-order valence-corrected chi connectivity index (χ0v) is 19.2. The van der Waals surface area contributed by atoms with Gasteiger partial charge in [0.2, 0.25) is 11.7 Å². The topological polar surface area (TPSA) is 95.1 Å². The molecular weight excluding hydrogens is 412 g/mol. The van der Waals surface area contributed by atoms with Gasteiger partial charge in [-0.15, -0.1) is 0 Å². The molecule has 0 saturated heterocycles. The van der Waals surface area contributed by atoms with E-state index in [1.807, 2.05) is 20.8 Å². The zero-order valence-electron chi connectivity index (χ0n) is 19.2. The smallest absolute Gasteiger partial charge is 0.255 e. The van der Waals surface area contributed by atoms with Crippen LogP contribution >= 0.6 is 0 Å². The van der Waals surface area contributed by atoms with Crippen molar-refractivity contribution in [3.8, 4) is 17.2 Å². The molecule has 0 heterocycles. The van der Waals surface area contributed by atoms with Crippen LogP contribution in [0.1, 0.15) is 36.7 Å². The van der Waals surface area contributed by atoms with E-state index in [2.05, 4.69) is 10.6 Å². The molecule has 2 amide bonds. The van der Waals surface area contributed by atoms with Crippen LogP contribution in [0.2, 0.25) is 0 Å². The number of anilines is 1. The summed E-state index contributed by atoms with van der Waals surface area (Å²) in [5, 5.41) is 5.64. The molecule has 2 aromatic rings. The number of benzene rings is 2. The van der Waals surface area contributed by atoms with Crippen LogP contribution < -0.4 is 24.8 Å². The minimum absolute atomic E-state index is 0.0832. The molecule has 0 atom stereocenters. The lowest BCUT2D eigenvalue weighted by Gasteiger charge is -2.17. The van der Waals surface area contributed by atoms with Gasteiger partial charge in [-0.2, -0.15) is 0 Å². The van der Waals surface area contributed by atoms with Crippen LogP contribution in [0.25, 0.3) is 0 Å². The van der Waals surface area contributed by atoms with Gasteiger partial charge in [-0.05, 0) is 50.6 Å². The fraction of sp³-hybridized carbons (Fsp3) is 0.417. The standard InChI is InChI=1S/C24H32N2O6/c1-5-30-20-15-18(16-21(31-6-2)23(20)32-7-3)24(28)26-19-10-8-17(9-11-19)14-22(27)25-12-13-29-4/h8-11,15-16H,5-7,12-14H2,1-4H3,(H,25,27)(H,26,28). The molecule has 2 N–H and O–H groups in total. The molecule has 32 heavy (non-hydrogen) atoms. The lowest BCUT2D eigenvalue weighted by Crippen LogP contribution is -2.28. The summed E-state index contributed by atoms with van der Waals surface area (Å²) in [6, 6.07) is 10.4. The van der Waals surface area contributed by atoms with E-state index in [9.17, 15) is 9.59 Å². The highest BCUT2D eigenvalue weighted by Gasteiger charge is 2.18. The summed E-state index contributed by atoms with van der Waals surface area (Å²) in [5.41, 5.74) is 1.85. The first-order valence-corrected chi connectivity index (χ1v) is 10.7. The van der Waals surface area contributed by atoms with Crippen LogP contribution in [0, 0.1) is 0 Å². The second-order valence-corrected chi connectivity index (χ2v) is 6.77. The average molecular weight is 445 g/mol. The largest absolute Gasteiger partial charge is 0.490 e. The predicted molar refractivity (Wildman–Crippen MR) is 123 cm³/mol. The maximum absolute atomic E-state index is 12.9. The van der Waals surface area contributed by atoms with Gasteiger partial charge in [0, 0.05) is 24.9 Å². The van der Waals surface area contributed by atoms with Gasteiger partial charge in [0.25, 0.3) is 5.91 Å². The minimum atomic E-state index is -0.306. The normalized spacial score (nSPS) is 10.4. The molecule has 2 aromatic carbocycles. The summed E-state index contributed by atoms with van der Waals surface area (Å²) >= 11 is 0. The van der Waals surface area contributed by atoms with Crippen LogP contribution in [0.5, 0.6) is 17.2 Å². The van der Waals surface area contributed by atoms with Crippen molar-refractivity contribution in [3.63, 3.8) is 0 Å². The number of carbonyl (C=O) groups is 2. The Labute approximate surface area is 189 Å². The van der Waals surface area contributed by atoms with E-state index >= 15 is 0 Å². The molecule has 0 aliphatic carbocycles. The van der Waals surface area contributed by atoms with Gasteiger partial charge in [-0.25, -0.2) is 0 Å². The summed E-state index contributed by atoms with van der Waals surface area (Å²) in [7, 11) is 1.59. The van der Waals surface area contributed by atoms with Gasteiger partial charge in [0.15, 0.2) is 11.5 Å². The maximum atomic E-state index is 12.9. The van der Waals surface area contributed by atoms with Crippen molar-refractivity contribution in [1.29, 1.82) is 0 Å². The maximum Gasteiger partial charge on any atom is 0.255 e. The Hall–Kier alpha value is -3.26. The molecule has 0 spiro atoms. The first kappa shape index (κ1) is 25.0. The Kier molecular flexibility index (Phi) is 10.3. The van der Waals surface area contributed by atoms with Gasteiger partial charge in [0.1, 0.15) is 0 Å². The van der Waals surface area contributed by atoms with Crippen molar-refractivity contribution < 1.29 is 28.5 Å². The summed E-state index contributed by atoms with van der Waals surface area (Å²) in [4.78, 5) is 24.8. The minimum Gasteiger partial charge on any atom is -0.490 e. The Morgan fingerprint density at radius 3 is 2.00 bits per heavy atom. The third-order valence-corrected chi connectivity index (χ3v) is 4.38. The average Bonchev–Trinajstić information content (AvgIpc) is 2.77. The van der Waals surface area contributed by atoms with Crippen LogP contribution in [0.15, 0.2) is 36.4 Å². The molecule has 0 aliphatic rings. The van der Waals surface area contributed by atoms with Crippen LogP contribution in [0.4, 0.5) is 5.69 Å². The number of rotatable bonds is 13. The summed E-state index contributed by atoms with van der Waals surface area (Å²) in [6.07, 6.45) is 0.256. The van der Waals surface area contributed by atoms with Gasteiger partial charge < -0.3 is 29.6 Å². The lowest BCUT2D eigenvalue weighted by atomic mass is 10.1. The van der Waals surface area contributed by atoms with E-state index in [1.165, 1.54) is 0 Å². The summed E-state index contributed by atoms with van der Waals surface area (Å²) < 4.78 is 21.9. The molecular formula is C24H32N2O6. The highest BCUT2D eigenvalue weighted by atomic mass is 16.5. The SMILES string of the molecule is CCOc1cc(C(=O)Nc2ccc(CC(=O)NCCOC)cc2)cc(OCC)c1OCC. The van der Waals surface area contributed by atoms with E-state index in [4.69, 9.17) is 18.9 Å². The second kappa shape index (κ2) is 13.2. The van der Waals surface area contributed by atoms with Gasteiger partial charge >= 0.3 is 0 Å². The van der Waals surface area contributed by atoms with Crippen LogP contribution in [-0.2, 0) is 16.0 Å². The zero-order chi connectivity index (χ0) is 23.3. The molecule has 0 saturated carbocycles. The number of carbonyl (C=O) groups excluding carboxylic acids is 2. The van der Waals surface area contributed by atoms with Gasteiger partial charge in [0.05, 0.1) is 32.8 Å². The number of hydrogen-bond donors (Lipinski definition) is 2. The highest BCUT2D eigenvalue weighted by molar-refractivity contribution is 6.05. The Morgan fingerprint density at radius 1 is 0.875 bits per heavy atom. The monoisotopic (exact) mass is 444 g/mol. The number of amides is 2. The molecule has 0 unspecified atom stereocenters. The Balaban J connectivity index is 2.11. The van der Waals surface area contributed by atoms with Crippen molar-refractivity contribution in [2.45, 2.75) is 27.2 Å². The molecule has 0 fully saturated rings. The fourth-order valence-electron chi connectivity index (χ4n) is 2.97. The van der Waals surface area contributed by atoms with Gasteiger partial charge in [-0.1, -0.05) is 12.1 Å². The van der Waals surface area contributed by atoms with E-state index < -0.39 is 0 Å². The third kappa shape index (κ3) is 7.46. The number of nitrogens with one attached hydrogen (secondary N) is 2. The van der Waals surface area contributed by atoms with E-state index in [0.717, 1.165) is 5.56 Å². The Morgan fingerprint density at radius 2 is 1.47 bits per heavy atom. The molecule has 174 valence electrons. The molecule has 8 nitrogen and oxygen atoms in total. The highest BCUT2D eigenvalue weighted by Crippen LogP contribution is 2.39. The molecule has 2 rings (SSSR count). The van der Waals surface area contributed by atoms with E-state index in [-0.39, 0.29) is 18.2 Å². The molecule has 0 radical (unpaired) electrons. The van der Waals surface area contributed by atoms with Crippen molar-refractivity contribution in [2.24, 2.45) is 0 Å². The first-order chi connectivity index (χ1) is 15.5. The van der Waals surface area contributed by atoms with Gasteiger partial charge in [-0.3, -0.25) is 9.59 Å². The fourth-order valence-corrected chi connectivity index (χ4v) is 2.97. The predicted octanol–water partition coefficient (Wildman–Crippen LogP) is 3.44. The first-order valence-electron chi connectivity index (χ1n) is 10.7. The van der Waals surface area contributed by atoms with Crippen molar-refractivity contribution in [1.82, 2.24) is 5.32 Å². The summed E-state index contributed by atoms with van der Waals surface area (Å²) in [5.74, 6) is 1.02. The Bertz CT molecular complexity index is 856. The molecule has 0 aliphatic heterocycles.